The highest BCUT2D eigenvalue weighted by Gasteiger charge is 2.44. The Hall–Kier alpha value is -3.13. The molecule has 6 N–H and O–H groups in total. The van der Waals surface area contributed by atoms with Crippen molar-refractivity contribution in [2.45, 2.75) is 37.9 Å². The third-order valence-electron chi connectivity index (χ3n) is 4.81. The predicted octanol–water partition coefficient (Wildman–Crippen LogP) is -1.65. The van der Waals surface area contributed by atoms with Gasteiger partial charge in [-0.15, -0.1) is 0 Å². The maximum atomic E-state index is 12.1. The van der Waals surface area contributed by atoms with Gasteiger partial charge in [-0.05, 0) is 6.42 Å². The van der Waals surface area contributed by atoms with Crippen molar-refractivity contribution >= 4 is 22.9 Å². The Morgan fingerprint density at radius 2 is 2.13 bits per heavy atom. The summed E-state index contributed by atoms with van der Waals surface area (Å²) in [4.78, 5) is 24.8. The van der Waals surface area contributed by atoms with Crippen LogP contribution < -0.4 is 11.1 Å². The Kier molecular flexibility index (Phi) is 5.34. The molecule has 1 fully saturated rings. The Labute approximate surface area is 170 Å². The summed E-state index contributed by atoms with van der Waals surface area (Å²) in [5.74, 6) is -0.121. The molecule has 0 bridgehead atoms. The summed E-state index contributed by atoms with van der Waals surface area (Å²) in [7, 11) is 0. The summed E-state index contributed by atoms with van der Waals surface area (Å²) < 4.78 is 8.24. The van der Waals surface area contributed by atoms with Crippen LogP contribution in [0.15, 0.2) is 18.7 Å². The van der Waals surface area contributed by atoms with E-state index in [0.29, 0.717) is 12.1 Å². The maximum Gasteiger partial charge on any atom is 0.254 e. The Morgan fingerprint density at radius 3 is 2.83 bits per heavy atom. The van der Waals surface area contributed by atoms with E-state index in [2.05, 4.69) is 25.4 Å². The number of imidazole rings is 1. The molecular formula is C17H22N8O5. The van der Waals surface area contributed by atoms with Gasteiger partial charge in [0.25, 0.3) is 11.9 Å². The molecule has 4 rings (SSSR count). The van der Waals surface area contributed by atoms with Gasteiger partial charge in [-0.2, -0.15) is 15.1 Å². The predicted molar refractivity (Wildman–Crippen MR) is 102 cm³/mol. The number of hydrogen-bond acceptors (Lipinski definition) is 10. The van der Waals surface area contributed by atoms with Crippen LogP contribution in [0.4, 0.5) is 5.82 Å². The number of aromatic nitrogens is 6. The van der Waals surface area contributed by atoms with Crippen molar-refractivity contribution in [1.29, 1.82) is 0 Å². The van der Waals surface area contributed by atoms with E-state index in [-0.39, 0.29) is 28.8 Å². The number of aliphatic hydroxyl groups is 3. The average molecular weight is 418 g/mol. The molecule has 4 heterocycles. The van der Waals surface area contributed by atoms with Crippen LogP contribution in [0.2, 0.25) is 0 Å². The van der Waals surface area contributed by atoms with Crippen LogP contribution in [0.25, 0.3) is 17.1 Å². The van der Waals surface area contributed by atoms with Gasteiger partial charge in [0.2, 0.25) is 0 Å². The number of ether oxygens (including phenoxy) is 1. The lowest BCUT2D eigenvalue weighted by molar-refractivity contribution is -0.0511. The third kappa shape index (κ3) is 3.37. The first kappa shape index (κ1) is 20.2. The van der Waals surface area contributed by atoms with Gasteiger partial charge in [0.15, 0.2) is 17.7 Å². The smallest absolute Gasteiger partial charge is 0.254 e. The second kappa shape index (κ2) is 7.95. The summed E-state index contributed by atoms with van der Waals surface area (Å²) in [6.07, 6.45) is 0.461. The van der Waals surface area contributed by atoms with Gasteiger partial charge < -0.3 is 31.1 Å². The number of nitrogens with one attached hydrogen (secondary N) is 1. The molecule has 3 aromatic rings. The summed E-state index contributed by atoms with van der Waals surface area (Å²) in [5.41, 5.74) is 6.85. The van der Waals surface area contributed by atoms with E-state index in [1.54, 1.807) is 0 Å². The molecule has 160 valence electrons. The molecule has 0 spiro atoms. The summed E-state index contributed by atoms with van der Waals surface area (Å²) in [6.45, 7) is 2.04. The number of nitrogens with two attached hydrogens (primary N) is 1. The quantitative estimate of drug-likeness (QED) is 0.310. The molecule has 4 atom stereocenters. The van der Waals surface area contributed by atoms with Crippen molar-refractivity contribution < 1.29 is 24.9 Å². The fourth-order valence-corrected chi connectivity index (χ4v) is 3.21. The van der Waals surface area contributed by atoms with Crippen molar-refractivity contribution in [3.63, 3.8) is 0 Å². The van der Waals surface area contributed by atoms with Crippen molar-refractivity contribution in [2.75, 3.05) is 18.9 Å². The first-order valence-corrected chi connectivity index (χ1v) is 9.40. The molecule has 1 amide bonds. The zero-order valence-corrected chi connectivity index (χ0v) is 16.1. The highest BCUT2D eigenvalue weighted by Crippen LogP contribution is 2.32. The normalized spacial score (nSPS) is 23.9. The Bertz CT molecular complexity index is 1070. The Balaban J connectivity index is 1.70. The summed E-state index contributed by atoms with van der Waals surface area (Å²) >= 11 is 0. The van der Waals surface area contributed by atoms with Crippen molar-refractivity contribution in [3.05, 3.63) is 24.3 Å². The lowest BCUT2D eigenvalue weighted by Gasteiger charge is -2.16. The first-order valence-electron chi connectivity index (χ1n) is 9.40. The molecule has 0 saturated carbocycles. The monoisotopic (exact) mass is 418 g/mol. The van der Waals surface area contributed by atoms with Crippen LogP contribution in [0, 0.1) is 0 Å². The maximum absolute atomic E-state index is 12.1. The van der Waals surface area contributed by atoms with Gasteiger partial charge in [0.05, 0.1) is 24.7 Å². The largest absolute Gasteiger partial charge is 0.394 e. The van der Waals surface area contributed by atoms with Gasteiger partial charge in [-0.25, -0.2) is 9.67 Å². The van der Waals surface area contributed by atoms with Gasteiger partial charge >= 0.3 is 0 Å². The lowest BCUT2D eigenvalue weighted by atomic mass is 10.1. The SMILES string of the molecule is CCCNC(=O)c1cnn(-c2nc(N)c3ncn([C@@H]4O[C@H](CO)C(O)C4O)c3n2)c1. The molecule has 3 aromatic heterocycles. The fourth-order valence-electron chi connectivity index (χ4n) is 3.21. The number of hydrogen-bond donors (Lipinski definition) is 5. The van der Waals surface area contributed by atoms with Crippen LogP contribution in [0.1, 0.15) is 29.9 Å². The third-order valence-corrected chi connectivity index (χ3v) is 4.81. The number of carbonyl (C=O) groups excluding carboxylic acids is 1. The van der Waals surface area contributed by atoms with E-state index in [4.69, 9.17) is 10.5 Å². The number of anilines is 1. The number of aliphatic hydroxyl groups excluding tert-OH is 3. The van der Waals surface area contributed by atoms with Crippen molar-refractivity contribution in [2.24, 2.45) is 0 Å². The zero-order valence-electron chi connectivity index (χ0n) is 16.1. The second-order valence-electron chi connectivity index (χ2n) is 6.89. The molecule has 1 saturated heterocycles. The van der Waals surface area contributed by atoms with E-state index in [9.17, 15) is 20.1 Å². The second-order valence-corrected chi connectivity index (χ2v) is 6.89. The van der Waals surface area contributed by atoms with E-state index < -0.39 is 31.1 Å². The zero-order chi connectivity index (χ0) is 21.4. The topological polar surface area (TPSA) is 186 Å². The highest BCUT2D eigenvalue weighted by atomic mass is 16.6. The Morgan fingerprint density at radius 1 is 1.33 bits per heavy atom. The fraction of sp³-hybridized carbons (Fsp3) is 0.471. The van der Waals surface area contributed by atoms with E-state index in [1.165, 1.54) is 28.0 Å². The lowest BCUT2D eigenvalue weighted by Crippen LogP contribution is -2.33. The van der Waals surface area contributed by atoms with E-state index in [1.807, 2.05) is 6.92 Å². The average Bonchev–Trinajstić information content (AvgIpc) is 3.45. The van der Waals surface area contributed by atoms with Gasteiger partial charge in [0.1, 0.15) is 23.8 Å². The molecule has 2 unspecified atom stereocenters. The van der Waals surface area contributed by atoms with Crippen LogP contribution >= 0.6 is 0 Å². The number of amides is 1. The minimum atomic E-state index is -1.31. The number of nitrogen functional groups attached to an aromatic ring is 1. The number of rotatable bonds is 6. The van der Waals surface area contributed by atoms with Gasteiger partial charge in [0, 0.05) is 12.7 Å². The molecule has 1 aliphatic heterocycles. The van der Waals surface area contributed by atoms with Crippen LogP contribution in [0.3, 0.4) is 0 Å². The first-order chi connectivity index (χ1) is 14.4. The molecule has 0 aliphatic carbocycles. The highest BCUT2D eigenvalue weighted by molar-refractivity contribution is 5.93. The molecule has 13 heteroatoms. The summed E-state index contributed by atoms with van der Waals surface area (Å²) in [5, 5.41) is 36.5. The molecule has 0 aromatic carbocycles. The van der Waals surface area contributed by atoms with Crippen molar-refractivity contribution in [3.8, 4) is 5.95 Å². The molecular weight excluding hydrogens is 396 g/mol. The van der Waals surface area contributed by atoms with Crippen molar-refractivity contribution in [1.82, 2.24) is 34.6 Å². The standard InChI is InChI=1S/C17H22N8O5/c1-2-3-19-15(29)8-4-21-25(5-8)17-22-13(18)10-14(23-17)24(7-20-10)16-12(28)11(27)9(6-26)30-16/h4-5,7,9,11-12,16,26-28H,2-3,6H2,1H3,(H,19,29)(H2,18,22,23)/t9-,11?,12?,16-/m1/s1. The number of nitrogens with zero attached hydrogens (tertiary/aromatic N) is 6. The van der Waals surface area contributed by atoms with Crippen LogP contribution in [-0.4, -0.2) is 82.0 Å². The molecule has 30 heavy (non-hydrogen) atoms. The number of carbonyl (C=O) groups is 1. The number of fused-ring (bicyclic) bond motifs is 1. The van der Waals surface area contributed by atoms with E-state index in [0.717, 1.165) is 6.42 Å². The van der Waals surface area contributed by atoms with Crippen LogP contribution in [-0.2, 0) is 4.74 Å². The molecule has 0 radical (unpaired) electrons. The molecule has 13 nitrogen and oxygen atoms in total. The molecule has 1 aliphatic rings. The van der Waals surface area contributed by atoms with E-state index >= 15 is 0 Å². The van der Waals surface area contributed by atoms with Crippen LogP contribution in [0.5, 0.6) is 0 Å². The van der Waals surface area contributed by atoms with Gasteiger partial charge in [-0.3, -0.25) is 9.36 Å². The summed E-state index contributed by atoms with van der Waals surface area (Å²) in [6, 6.07) is 0. The minimum Gasteiger partial charge on any atom is -0.394 e. The van der Waals surface area contributed by atoms with Gasteiger partial charge in [-0.1, -0.05) is 6.92 Å². The minimum absolute atomic E-state index is 0.0629.